The standard InChI is InChI=1S/C11H11N3O4S2/c15-11(16)7-4-5-14(6-7)20(17,18)9-3-1-2-8-10(9)13-19-12-8/h1-3,7H,4-6H2,(H,15,16). The highest BCUT2D eigenvalue weighted by Crippen LogP contribution is 2.28. The number of carbonyl (C=O) groups is 1. The molecule has 1 aliphatic heterocycles. The van der Waals surface area contributed by atoms with Gasteiger partial charge in [-0.1, -0.05) is 6.07 Å². The quantitative estimate of drug-likeness (QED) is 0.899. The van der Waals surface area contributed by atoms with Crippen molar-refractivity contribution >= 4 is 38.8 Å². The smallest absolute Gasteiger partial charge is 0.307 e. The lowest BCUT2D eigenvalue weighted by Crippen LogP contribution is -2.30. The van der Waals surface area contributed by atoms with E-state index in [1.165, 1.54) is 10.4 Å². The Morgan fingerprint density at radius 2 is 2.20 bits per heavy atom. The van der Waals surface area contributed by atoms with Gasteiger partial charge in [0.05, 0.1) is 17.6 Å². The molecule has 0 spiro atoms. The number of sulfonamides is 1. The van der Waals surface area contributed by atoms with E-state index in [2.05, 4.69) is 8.75 Å². The third-order valence-corrected chi connectivity index (χ3v) is 5.81. The molecule has 1 fully saturated rings. The van der Waals surface area contributed by atoms with Gasteiger partial charge in [0.25, 0.3) is 0 Å². The Morgan fingerprint density at radius 3 is 2.90 bits per heavy atom. The fraction of sp³-hybridized carbons (Fsp3) is 0.364. The zero-order chi connectivity index (χ0) is 14.3. The summed E-state index contributed by atoms with van der Waals surface area (Å²) in [6.07, 6.45) is 0.333. The fourth-order valence-electron chi connectivity index (χ4n) is 2.28. The van der Waals surface area contributed by atoms with E-state index in [0.717, 1.165) is 11.7 Å². The second kappa shape index (κ2) is 4.76. The number of rotatable bonds is 3. The molecule has 1 aliphatic rings. The number of hydrogen-bond acceptors (Lipinski definition) is 6. The number of aliphatic carboxylic acids is 1. The summed E-state index contributed by atoms with van der Waals surface area (Å²) < 4.78 is 34.4. The highest BCUT2D eigenvalue weighted by atomic mass is 32.2. The molecule has 1 N–H and O–H groups in total. The molecule has 1 unspecified atom stereocenters. The summed E-state index contributed by atoms with van der Waals surface area (Å²) in [5, 5.41) is 8.96. The average molecular weight is 313 g/mol. The van der Waals surface area contributed by atoms with Crippen molar-refractivity contribution in [1.82, 2.24) is 13.1 Å². The van der Waals surface area contributed by atoms with Crippen molar-refractivity contribution in [2.24, 2.45) is 5.92 Å². The Kier molecular flexibility index (Phi) is 3.19. The topological polar surface area (TPSA) is 100 Å². The third-order valence-electron chi connectivity index (χ3n) is 3.37. The van der Waals surface area contributed by atoms with E-state index in [-0.39, 0.29) is 18.0 Å². The van der Waals surface area contributed by atoms with Gasteiger partial charge in [-0.3, -0.25) is 4.79 Å². The zero-order valence-corrected chi connectivity index (χ0v) is 11.9. The van der Waals surface area contributed by atoms with E-state index < -0.39 is 21.9 Å². The van der Waals surface area contributed by atoms with Crippen LogP contribution in [0.25, 0.3) is 11.0 Å². The molecule has 9 heteroatoms. The summed E-state index contributed by atoms with van der Waals surface area (Å²) in [7, 11) is -3.73. The lowest BCUT2D eigenvalue weighted by molar-refractivity contribution is -0.141. The highest BCUT2D eigenvalue weighted by Gasteiger charge is 2.36. The first kappa shape index (κ1) is 13.4. The Bertz CT molecular complexity index is 771. The minimum absolute atomic E-state index is 0.00558. The molecule has 3 rings (SSSR count). The van der Waals surface area contributed by atoms with Gasteiger partial charge in [-0.25, -0.2) is 8.42 Å². The molecule has 0 radical (unpaired) electrons. The van der Waals surface area contributed by atoms with Gasteiger partial charge >= 0.3 is 5.97 Å². The predicted octanol–water partition coefficient (Wildman–Crippen LogP) is 0.786. The Morgan fingerprint density at radius 1 is 1.40 bits per heavy atom. The minimum Gasteiger partial charge on any atom is -0.481 e. The molecule has 2 heterocycles. The molecule has 1 saturated heterocycles. The van der Waals surface area contributed by atoms with Crippen LogP contribution in [0.3, 0.4) is 0 Å². The maximum absolute atomic E-state index is 12.6. The second-order valence-corrected chi connectivity index (χ2v) is 7.01. The van der Waals surface area contributed by atoms with Gasteiger partial charge in [0.15, 0.2) is 0 Å². The van der Waals surface area contributed by atoms with E-state index in [9.17, 15) is 13.2 Å². The van der Waals surface area contributed by atoms with Crippen LogP contribution in [0.2, 0.25) is 0 Å². The fourth-order valence-corrected chi connectivity index (χ4v) is 4.53. The van der Waals surface area contributed by atoms with Crippen LogP contribution in [-0.2, 0) is 14.8 Å². The van der Waals surface area contributed by atoms with Crippen molar-refractivity contribution < 1.29 is 18.3 Å². The number of fused-ring (bicyclic) bond motifs is 1. The van der Waals surface area contributed by atoms with E-state index in [0.29, 0.717) is 17.5 Å². The number of aromatic nitrogens is 2. The molecule has 0 amide bonds. The van der Waals surface area contributed by atoms with E-state index in [1.807, 2.05) is 0 Å². The summed E-state index contributed by atoms with van der Waals surface area (Å²) in [6, 6.07) is 4.79. The van der Waals surface area contributed by atoms with Crippen LogP contribution in [0.4, 0.5) is 0 Å². The van der Waals surface area contributed by atoms with Crippen LogP contribution in [-0.4, -0.2) is 45.6 Å². The number of benzene rings is 1. The predicted molar refractivity (Wildman–Crippen MR) is 71.9 cm³/mol. The molecule has 0 saturated carbocycles. The van der Waals surface area contributed by atoms with Crippen LogP contribution < -0.4 is 0 Å². The molecule has 0 aliphatic carbocycles. The summed E-state index contributed by atoms with van der Waals surface area (Å²) in [4.78, 5) is 11.0. The molecule has 20 heavy (non-hydrogen) atoms. The summed E-state index contributed by atoms with van der Waals surface area (Å²) in [5.74, 6) is -1.60. The van der Waals surface area contributed by atoms with Crippen molar-refractivity contribution in [1.29, 1.82) is 0 Å². The normalized spacial score (nSPS) is 20.5. The minimum atomic E-state index is -3.73. The van der Waals surface area contributed by atoms with Crippen LogP contribution in [0.15, 0.2) is 23.1 Å². The first-order chi connectivity index (χ1) is 9.50. The van der Waals surface area contributed by atoms with Crippen molar-refractivity contribution in [3.8, 4) is 0 Å². The van der Waals surface area contributed by atoms with Crippen molar-refractivity contribution in [2.45, 2.75) is 11.3 Å². The molecule has 1 aromatic heterocycles. The van der Waals surface area contributed by atoms with E-state index in [1.54, 1.807) is 12.1 Å². The largest absolute Gasteiger partial charge is 0.481 e. The first-order valence-electron chi connectivity index (χ1n) is 5.94. The number of carboxylic acids is 1. The Labute approximate surface area is 119 Å². The highest BCUT2D eigenvalue weighted by molar-refractivity contribution is 7.89. The van der Waals surface area contributed by atoms with E-state index in [4.69, 9.17) is 5.11 Å². The molecule has 2 aromatic rings. The summed E-state index contributed by atoms with van der Waals surface area (Å²) in [6.45, 7) is 0.221. The maximum Gasteiger partial charge on any atom is 0.307 e. The van der Waals surface area contributed by atoms with Crippen LogP contribution in [0, 0.1) is 5.92 Å². The van der Waals surface area contributed by atoms with Gasteiger partial charge in [0, 0.05) is 13.1 Å². The number of hydrogen-bond donors (Lipinski definition) is 1. The SMILES string of the molecule is O=C(O)C1CCN(S(=O)(=O)c2cccc3nsnc23)C1. The van der Waals surface area contributed by atoms with Gasteiger partial charge in [0.1, 0.15) is 15.9 Å². The molecule has 1 atom stereocenters. The van der Waals surface area contributed by atoms with Crippen molar-refractivity contribution in [2.75, 3.05) is 13.1 Å². The van der Waals surface area contributed by atoms with Crippen molar-refractivity contribution in [3.05, 3.63) is 18.2 Å². The molecular weight excluding hydrogens is 302 g/mol. The maximum atomic E-state index is 12.6. The molecule has 7 nitrogen and oxygen atoms in total. The van der Waals surface area contributed by atoms with Gasteiger partial charge in [-0.2, -0.15) is 13.1 Å². The lowest BCUT2D eigenvalue weighted by Gasteiger charge is -2.15. The molecular formula is C11H11N3O4S2. The average Bonchev–Trinajstić information content (AvgIpc) is 3.07. The Hall–Kier alpha value is -1.58. The van der Waals surface area contributed by atoms with Crippen LogP contribution in [0.5, 0.6) is 0 Å². The van der Waals surface area contributed by atoms with Crippen LogP contribution in [0.1, 0.15) is 6.42 Å². The van der Waals surface area contributed by atoms with Crippen LogP contribution >= 0.6 is 11.7 Å². The van der Waals surface area contributed by atoms with Gasteiger partial charge in [0.2, 0.25) is 10.0 Å². The van der Waals surface area contributed by atoms with E-state index >= 15 is 0 Å². The molecule has 106 valence electrons. The summed E-state index contributed by atoms with van der Waals surface area (Å²) >= 11 is 0.954. The third kappa shape index (κ3) is 2.07. The number of carboxylic acid groups (broad SMARTS) is 1. The molecule has 1 aromatic carbocycles. The van der Waals surface area contributed by atoms with Gasteiger partial charge in [-0.05, 0) is 18.6 Å². The molecule has 0 bridgehead atoms. The van der Waals surface area contributed by atoms with Gasteiger partial charge < -0.3 is 5.11 Å². The second-order valence-electron chi connectivity index (χ2n) is 4.57. The monoisotopic (exact) mass is 313 g/mol. The van der Waals surface area contributed by atoms with Gasteiger partial charge in [-0.15, -0.1) is 0 Å². The summed E-state index contributed by atoms with van der Waals surface area (Å²) in [5.41, 5.74) is 0.876. The lowest BCUT2D eigenvalue weighted by atomic mass is 10.1. The Balaban J connectivity index is 2.01. The first-order valence-corrected chi connectivity index (χ1v) is 8.11. The number of nitrogens with zero attached hydrogens (tertiary/aromatic N) is 3. The zero-order valence-electron chi connectivity index (χ0n) is 10.3. The van der Waals surface area contributed by atoms with Crippen molar-refractivity contribution in [3.63, 3.8) is 0 Å².